The molecule has 11 nitrogen and oxygen atoms in total. The largest absolute Gasteiger partial charge is 0.394 e. The molecule has 50 heavy (non-hydrogen) atoms. The minimum atomic E-state index is -1.38. The number of rotatable bonds is 9. The van der Waals surface area contributed by atoms with Crippen LogP contribution in [0.25, 0.3) is 0 Å². The van der Waals surface area contributed by atoms with Crippen molar-refractivity contribution in [2.75, 3.05) is 19.8 Å². The first-order chi connectivity index (χ1) is 23.8. The van der Waals surface area contributed by atoms with Crippen molar-refractivity contribution in [1.29, 1.82) is 0 Å². The molecule has 7 rings (SSSR count). The summed E-state index contributed by atoms with van der Waals surface area (Å²) < 4.78 is 26.1. The van der Waals surface area contributed by atoms with Gasteiger partial charge < -0.3 is 51.1 Å². The van der Waals surface area contributed by atoms with Crippen molar-refractivity contribution < 1.29 is 39.1 Å². The van der Waals surface area contributed by atoms with Gasteiger partial charge in [-0.05, 0) is 111 Å². The highest BCUT2D eigenvalue weighted by Gasteiger charge is 2.68. The van der Waals surface area contributed by atoms with Crippen molar-refractivity contribution in [2.45, 2.75) is 159 Å². The Morgan fingerprint density at radius 1 is 1.10 bits per heavy atom. The molecule has 0 aromatic carbocycles. The fourth-order valence-electron chi connectivity index (χ4n) is 12.2. The quantitative estimate of drug-likeness (QED) is 0.154. The van der Waals surface area contributed by atoms with E-state index >= 15 is 0 Å². The zero-order valence-electron chi connectivity index (χ0n) is 30.8. The zero-order chi connectivity index (χ0) is 35.6. The van der Waals surface area contributed by atoms with Gasteiger partial charge >= 0.3 is 0 Å². The highest BCUT2D eigenvalue weighted by molar-refractivity contribution is 5.81. The summed E-state index contributed by atoms with van der Waals surface area (Å²) in [6, 6.07) is -1.81. The first kappa shape index (κ1) is 37.2. The van der Waals surface area contributed by atoms with Crippen LogP contribution in [0, 0.1) is 46.3 Å². The molecule has 8 N–H and O–H groups in total. The predicted molar refractivity (Wildman–Crippen MR) is 187 cm³/mol. The first-order valence-corrected chi connectivity index (χ1v) is 19.9. The number of aliphatic hydroxyl groups is 3. The van der Waals surface area contributed by atoms with Gasteiger partial charge in [-0.3, -0.25) is 4.79 Å². The molecule has 0 aromatic rings. The van der Waals surface area contributed by atoms with Crippen LogP contribution in [-0.2, 0) is 23.7 Å². The number of ether oxygens (including phenoxy) is 4. The molecule has 3 saturated carbocycles. The Labute approximate surface area is 298 Å². The minimum Gasteiger partial charge on any atom is -0.394 e. The van der Waals surface area contributed by atoms with Gasteiger partial charge in [-0.15, -0.1) is 0 Å². The van der Waals surface area contributed by atoms with Crippen LogP contribution in [0.5, 0.6) is 0 Å². The second kappa shape index (κ2) is 14.3. The topological polar surface area (TPSA) is 179 Å². The number of nitrogens with one attached hydrogen (secondary N) is 1. The summed E-state index contributed by atoms with van der Waals surface area (Å²) in [4.78, 5) is 13.0. The number of carbonyl (C=O) groups is 1. The lowest BCUT2D eigenvalue weighted by Gasteiger charge is -2.58. The summed E-state index contributed by atoms with van der Waals surface area (Å²) in [5.74, 6) is 2.64. The van der Waals surface area contributed by atoms with Crippen molar-refractivity contribution in [2.24, 2.45) is 57.8 Å². The maximum Gasteiger partial charge on any atom is 0.237 e. The van der Waals surface area contributed by atoms with Gasteiger partial charge in [-0.2, -0.15) is 0 Å². The molecule has 3 saturated heterocycles. The van der Waals surface area contributed by atoms with E-state index in [-0.39, 0.29) is 28.8 Å². The standard InChI is InChI=1S/C39H65N3O8/c1-21-10-15-39(47-20-21)22(2)31-29(50-39)18-27-25-9-8-23-17-24(11-13-37(23,3)26(25)12-14-38(27,31)4)48-36-32(34(45)33(44)30(19-43)49-36)42-35(46)28(41)7-5-6-16-40/h8,21-22,24-34,36,43-45H,5-7,9-20,40-41H2,1-4H3,(H,42,46)/t21-,22+,24+,25-,26+,27+,28+,29+,30-,31+,32-,33-,34-,36-,37+,38+,39-/m1/s1. The van der Waals surface area contributed by atoms with Crippen molar-refractivity contribution in [1.82, 2.24) is 5.32 Å². The van der Waals surface area contributed by atoms with Crippen LogP contribution in [0.4, 0.5) is 0 Å². The number of nitrogens with two attached hydrogens (primary N) is 2. The van der Waals surface area contributed by atoms with Crippen LogP contribution < -0.4 is 16.8 Å². The monoisotopic (exact) mass is 703 g/mol. The SMILES string of the molecule is C[C@@H]1CC[C@@]2(OC1)O[C@H]1C[C@H]3[C@@H]4CC=C5C[C@@H](O[C@@H]6O[C@H](CO)[C@@H](O)[C@H](O)[C@H]6NC(=O)[C@@H](N)CCCCN)CC[C@]5(C)[C@H]4CC[C@]3(C)[C@H]1[C@@H]2C. The molecule has 0 bridgehead atoms. The molecule has 284 valence electrons. The Morgan fingerprint density at radius 3 is 2.62 bits per heavy atom. The van der Waals surface area contributed by atoms with Gasteiger partial charge in [0.2, 0.25) is 5.91 Å². The molecular formula is C39H65N3O8. The third-order valence-electron chi connectivity index (χ3n) is 15.1. The third kappa shape index (κ3) is 6.22. The lowest BCUT2D eigenvalue weighted by Crippen LogP contribution is -2.66. The first-order valence-electron chi connectivity index (χ1n) is 19.9. The van der Waals surface area contributed by atoms with Crippen molar-refractivity contribution >= 4 is 5.91 Å². The molecule has 0 aromatic heterocycles. The molecule has 17 atom stereocenters. The zero-order valence-corrected chi connectivity index (χ0v) is 30.8. The fourth-order valence-corrected chi connectivity index (χ4v) is 12.2. The van der Waals surface area contributed by atoms with E-state index in [2.05, 4.69) is 39.1 Å². The van der Waals surface area contributed by atoms with Crippen LogP contribution >= 0.6 is 0 Å². The van der Waals surface area contributed by atoms with Crippen LogP contribution in [-0.4, -0.2) is 95.7 Å². The second-order valence-electron chi connectivity index (χ2n) is 17.9. The highest BCUT2D eigenvalue weighted by Crippen LogP contribution is 2.70. The highest BCUT2D eigenvalue weighted by atomic mass is 16.7. The van der Waals surface area contributed by atoms with Gasteiger partial charge in [0.15, 0.2) is 12.1 Å². The van der Waals surface area contributed by atoms with Crippen LogP contribution in [0.15, 0.2) is 11.6 Å². The number of carbonyl (C=O) groups excluding carboxylic acids is 1. The van der Waals surface area contributed by atoms with Crippen LogP contribution in [0.1, 0.15) is 105 Å². The molecule has 1 spiro atoms. The number of hydrogen-bond donors (Lipinski definition) is 6. The summed E-state index contributed by atoms with van der Waals surface area (Å²) in [5.41, 5.74) is 13.6. The average Bonchev–Trinajstić information content (AvgIpc) is 3.54. The van der Waals surface area contributed by atoms with E-state index in [1.54, 1.807) is 0 Å². The third-order valence-corrected chi connectivity index (χ3v) is 15.1. The molecule has 3 heterocycles. The van der Waals surface area contributed by atoms with E-state index < -0.39 is 49.2 Å². The fraction of sp³-hybridized carbons (Fsp3) is 0.923. The van der Waals surface area contributed by atoms with E-state index in [4.69, 9.17) is 30.4 Å². The van der Waals surface area contributed by atoms with Crippen LogP contribution in [0.3, 0.4) is 0 Å². The Morgan fingerprint density at radius 2 is 1.90 bits per heavy atom. The van der Waals surface area contributed by atoms with E-state index in [0.29, 0.717) is 54.9 Å². The number of unbranched alkanes of at least 4 members (excludes halogenated alkanes) is 1. The number of fused-ring (bicyclic) bond motifs is 7. The van der Waals surface area contributed by atoms with E-state index in [9.17, 15) is 20.1 Å². The number of allylic oxidation sites excluding steroid dienone is 1. The Balaban J connectivity index is 1.03. The number of aliphatic hydroxyl groups excluding tert-OH is 3. The summed E-state index contributed by atoms with van der Waals surface area (Å²) >= 11 is 0. The predicted octanol–water partition coefficient (Wildman–Crippen LogP) is 3.12. The van der Waals surface area contributed by atoms with E-state index in [1.165, 1.54) is 24.8 Å². The molecule has 4 aliphatic carbocycles. The molecule has 7 aliphatic rings. The Kier molecular flexibility index (Phi) is 10.6. The van der Waals surface area contributed by atoms with Gasteiger partial charge in [-0.25, -0.2) is 0 Å². The van der Waals surface area contributed by atoms with Gasteiger partial charge in [0.05, 0.1) is 31.5 Å². The molecule has 0 unspecified atom stereocenters. The maximum absolute atomic E-state index is 13.0. The van der Waals surface area contributed by atoms with Crippen molar-refractivity contribution in [3.8, 4) is 0 Å². The summed E-state index contributed by atoms with van der Waals surface area (Å²) in [6.07, 6.45) is 9.18. The lowest BCUT2D eigenvalue weighted by atomic mass is 9.47. The minimum absolute atomic E-state index is 0.0960. The lowest BCUT2D eigenvalue weighted by molar-refractivity contribution is -0.284. The van der Waals surface area contributed by atoms with Crippen molar-refractivity contribution in [3.63, 3.8) is 0 Å². The second-order valence-corrected chi connectivity index (χ2v) is 17.9. The Bertz CT molecular complexity index is 1260. The summed E-state index contributed by atoms with van der Waals surface area (Å²) in [6.45, 7) is 10.6. The molecule has 1 amide bonds. The molecular weight excluding hydrogens is 638 g/mol. The number of amides is 1. The summed E-state index contributed by atoms with van der Waals surface area (Å²) in [7, 11) is 0. The normalized spacial score (nSPS) is 50.5. The van der Waals surface area contributed by atoms with Crippen molar-refractivity contribution in [3.05, 3.63) is 11.6 Å². The number of hydrogen-bond acceptors (Lipinski definition) is 10. The average molecular weight is 704 g/mol. The molecule has 11 heteroatoms. The molecule has 3 aliphatic heterocycles. The Hall–Kier alpha value is -1.15. The van der Waals surface area contributed by atoms with Gasteiger partial charge in [0.1, 0.15) is 24.4 Å². The van der Waals surface area contributed by atoms with Crippen LogP contribution in [0.2, 0.25) is 0 Å². The van der Waals surface area contributed by atoms with E-state index in [0.717, 1.165) is 51.6 Å². The molecule has 6 fully saturated rings. The van der Waals surface area contributed by atoms with Gasteiger partial charge in [0.25, 0.3) is 0 Å². The summed E-state index contributed by atoms with van der Waals surface area (Å²) in [5, 5.41) is 34.5. The van der Waals surface area contributed by atoms with Gasteiger partial charge in [0, 0.05) is 12.3 Å². The van der Waals surface area contributed by atoms with E-state index in [1.807, 2.05) is 0 Å². The maximum atomic E-state index is 13.0. The molecule has 0 radical (unpaired) electrons. The van der Waals surface area contributed by atoms with Gasteiger partial charge in [-0.1, -0.05) is 45.8 Å². The smallest absolute Gasteiger partial charge is 0.237 e.